The summed E-state index contributed by atoms with van der Waals surface area (Å²) in [5.74, 6) is -0.882. The standard InChI is InChI=1S/C12H17BrN4O4/c1-21-10(19)7-17-12(20)11(13)8(6-16-17)15-5-3-2-4-9(14)18/h6,15H,2-5,7H2,1H3,(H2,14,18). The van der Waals surface area contributed by atoms with Gasteiger partial charge in [0.15, 0.2) is 0 Å². The molecule has 21 heavy (non-hydrogen) atoms. The number of ether oxygens (including phenoxy) is 1. The van der Waals surface area contributed by atoms with Crippen molar-refractivity contribution in [3.63, 3.8) is 0 Å². The zero-order valence-electron chi connectivity index (χ0n) is 11.6. The molecule has 0 aliphatic rings. The van der Waals surface area contributed by atoms with Crippen LogP contribution in [0.2, 0.25) is 0 Å². The normalized spacial score (nSPS) is 10.2. The van der Waals surface area contributed by atoms with Gasteiger partial charge >= 0.3 is 5.97 Å². The van der Waals surface area contributed by atoms with Crippen LogP contribution in [0.1, 0.15) is 19.3 Å². The number of methoxy groups -OCH3 is 1. The molecule has 1 heterocycles. The summed E-state index contributed by atoms with van der Waals surface area (Å²) in [6.07, 6.45) is 3.19. The van der Waals surface area contributed by atoms with Crippen LogP contribution < -0.4 is 16.6 Å². The topological polar surface area (TPSA) is 116 Å². The summed E-state index contributed by atoms with van der Waals surface area (Å²) in [7, 11) is 1.24. The Morgan fingerprint density at radius 1 is 1.48 bits per heavy atom. The summed E-state index contributed by atoms with van der Waals surface area (Å²) < 4.78 is 5.78. The second kappa shape index (κ2) is 8.40. The second-order valence-corrected chi connectivity index (χ2v) is 5.05. The minimum Gasteiger partial charge on any atom is -0.468 e. The van der Waals surface area contributed by atoms with Crippen LogP contribution in [0.5, 0.6) is 0 Å². The number of halogens is 1. The van der Waals surface area contributed by atoms with E-state index in [0.717, 1.165) is 11.1 Å². The molecular formula is C12H17BrN4O4. The van der Waals surface area contributed by atoms with Gasteiger partial charge in [0.25, 0.3) is 5.56 Å². The van der Waals surface area contributed by atoms with Crippen molar-refractivity contribution in [1.29, 1.82) is 0 Å². The number of rotatable bonds is 8. The molecule has 0 radical (unpaired) electrons. The molecule has 0 unspecified atom stereocenters. The summed E-state index contributed by atoms with van der Waals surface area (Å²) in [5.41, 5.74) is 5.14. The van der Waals surface area contributed by atoms with Crippen molar-refractivity contribution in [3.05, 3.63) is 21.0 Å². The van der Waals surface area contributed by atoms with Crippen molar-refractivity contribution in [2.45, 2.75) is 25.8 Å². The molecule has 1 amide bonds. The third-order valence-electron chi connectivity index (χ3n) is 2.66. The number of hydrogen-bond acceptors (Lipinski definition) is 6. The number of amides is 1. The fourth-order valence-corrected chi connectivity index (χ4v) is 1.98. The smallest absolute Gasteiger partial charge is 0.327 e. The van der Waals surface area contributed by atoms with Crippen molar-refractivity contribution in [1.82, 2.24) is 9.78 Å². The van der Waals surface area contributed by atoms with Crippen molar-refractivity contribution < 1.29 is 14.3 Å². The molecule has 0 aliphatic heterocycles. The van der Waals surface area contributed by atoms with Gasteiger partial charge in [0.1, 0.15) is 11.0 Å². The Morgan fingerprint density at radius 3 is 2.81 bits per heavy atom. The molecule has 0 bridgehead atoms. The number of nitrogens with one attached hydrogen (secondary N) is 1. The van der Waals surface area contributed by atoms with Crippen LogP contribution in [-0.4, -0.2) is 35.3 Å². The number of unbranched alkanes of at least 4 members (excludes halogenated alkanes) is 1. The maximum atomic E-state index is 12.0. The Kier molecular flexibility index (Phi) is 6.86. The number of nitrogens with two attached hydrogens (primary N) is 1. The Hall–Kier alpha value is -1.90. The van der Waals surface area contributed by atoms with Crippen LogP contribution in [0.4, 0.5) is 5.69 Å². The van der Waals surface area contributed by atoms with Gasteiger partial charge in [-0.1, -0.05) is 0 Å². The largest absolute Gasteiger partial charge is 0.468 e. The third kappa shape index (κ3) is 5.54. The Labute approximate surface area is 129 Å². The summed E-state index contributed by atoms with van der Waals surface area (Å²) in [5, 5.41) is 6.92. The molecule has 116 valence electrons. The van der Waals surface area contributed by atoms with E-state index in [1.54, 1.807) is 0 Å². The van der Waals surface area contributed by atoms with Crippen molar-refractivity contribution in [2.75, 3.05) is 19.0 Å². The van der Waals surface area contributed by atoms with Crippen molar-refractivity contribution in [3.8, 4) is 0 Å². The molecular weight excluding hydrogens is 344 g/mol. The third-order valence-corrected chi connectivity index (χ3v) is 3.42. The first-order chi connectivity index (χ1) is 9.95. The average molecular weight is 361 g/mol. The SMILES string of the molecule is COC(=O)Cn1ncc(NCCCCC(N)=O)c(Br)c1=O. The molecule has 1 rings (SSSR count). The molecule has 0 fully saturated rings. The fraction of sp³-hybridized carbons (Fsp3) is 0.500. The number of carbonyl (C=O) groups excluding carboxylic acids is 2. The van der Waals surface area contributed by atoms with E-state index in [2.05, 4.69) is 31.1 Å². The highest BCUT2D eigenvalue weighted by atomic mass is 79.9. The van der Waals surface area contributed by atoms with E-state index in [1.165, 1.54) is 13.3 Å². The maximum absolute atomic E-state index is 12.0. The highest BCUT2D eigenvalue weighted by Gasteiger charge is 2.11. The molecule has 0 saturated heterocycles. The molecule has 8 nitrogen and oxygen atoms in total. The van der Waals surface area contributed by atoms with E-state index < -0.39 is 11.5 Å². The lowest BCUT2D eigenvalue weighted by molar-refractivity contribution is -0.141. The molecule has 0 saturated carbocycles. The molecule has 0 spiro atoms. The number of primary amides is 1. The predicted molar refractivity (Wildman–Crippen MR) is 79.7 cm³/mol. The molecule has 3 N–H and O–H groups in total. The van der Waals surface area contributed by atoms with Crippen LogP contribution in [0.25, 0.3) is 0 Å². The maximum Gasteiger partial charge on any atom is 0.327 e. The van der Waals surface area contributed by atoms with Gasteiger partial charge in [-0.3, -0.25) is 14.4 Å². The van der Waals surface area contributed by atoms with Crippen LogP contribution in [-0.2, 0) is 20.9 Å². The average Bonchev–Trinajstić information content (AvgIpc) is 2.45. The highest BCUT2D eigenvalue weighted by Crippen LogP contribution is 2.16. The van der Waals surface area contributed by atoms with E-state index in [-0.39, 0.29) is 16.9 Å². The molecule has 9 heteroatoms. The zero-order chi connectivity index (χ0) is 15.8. The van der Waals surface area contributed by atoms with E-state index in [1.807, 2.05) is 0 Å². The number of anilines is 1. The van der Waals surface area contributed by atoms with Gasteiger partial charge in [-0.15, -0.1) is 0 Å². The van der Waals surface area contributed by atoms with Gasteiger partial charge in [0.05, 0.1) is 19.0 Å². The van der Waals surface area contributed by atoms with Gasteiger partial charge in [-0.05, 0) is 28.8 Å². The molecule has 0 aromatic carbocycles. The Morgan fingerprint density at radius 2 is 2.19 bits per heavy atom. The molecule has 0 aliphatic carbocycles. The first-order valence-corrected chi connectivity index (χ1v) is 7.09. The first-order valence-electron chi connectivity index (χ1n) is 6.30. The monoisotopic (exact) mass is 360 g/mol. The van der Waals surface area contributed by atoms with Gasteiger partial charge < -0.3 is 15.8 Å². The van der Waals surface area contributed by atoms with Gasteiger partial charge in [0, 0.05) is 13.0 Å². The lowest BCUT2D eigenvalue weighted by Gasteiger charge is -2.09. The Bertz CT molecular complexity index is 573. The van der Waals surface area contributed by atoms with Crippen LogP contribution in [0.15, 0.2) is 15.5 Å². The van der Waals surface area contributed by atoms with E-state index in [4.69, 9.17) is 5.73 Å². The summed E-state index contributed by atoms with van der Waals surface area (Å²) in [6.45, 7) is 0.334. The van der Waals surface area contributed by atoms with Crippen molar-refractivity contribution >= 4 is 33.5 Å². The summed E-state index contributed by atoms with van der Waals surface area (Å²) >= 11 is 3.17. The lowest BCUT2D eigenvalue weighted by Crippen LogP contribution is -2.28. The van der Waals surface area contributed by atoms with E-state index >= 15 is 0 Å². The quantitative estimate of drug-likeness (QED) is 0.506. The van der Waals surface area contributed by atoms with Gasteiger partial charge in [0.2, 0.25) is 5.91 Å². The fourth-order valence-electron chi connectivity index (χ4n) is 1.54. The molecule has 1 aromatic heterocycles. The molecule has 1 aromatic rings. The van der Waals surface area contributed by atoms with Crippen LogP contribution >= 0.6 is 15.9 Å². The van der Waals surface area contributed by atoms with E-state index in [0.29, 0.717) is 25.1 Å². The number of hydrogen-bond donors (Lipinski definition) is 2. The van der Waals surface area contributed by atoms with Gasteiger partial charge in [-0.2, -0.15) is 5.10 Å². The summed E-state index contributed by atoms with van der Waals surface area (Å²) in [6, 6.07) is 0. The predicted octanol–water partition coefficient (Wildman–Crippen LogP) is 0.246. The van der Waals surface area contributed by atoms with E-state index in [9.17, 15) is 14.4 Å². The number of carbonyl (C=O) groups is 2. The first kappa shape index (κ1) is 17.2. The number of esters is 1. The van der Waals surface area contributed by atoms with Crippen LogP contribution in [0.3, 0.4) is 0 Å². The number of aromatic nitrogens is 2. The second-order valence-electron chi connectivity index (χ2n) is 4.26. The Balaban J connectivity index is 2.61. The van der Waals surface area contributed by atoms with Crippen LogP contribution in [0, 0.1) is 0 Å². The minimum absolute atomic E-state index is 0.243. The summed E-state index contributed by atoms with van der Waals surface area (Å²) in [4.78, 5) is 33.7. The lowest BCUT2D eigenvalue weighted by atomic mass is 10.2. The van der Waals surface area contributed by atoms with Gasteiger partial charge in [-0.25, -0.2) is 4.68 Å². The number of nitrogens with zero attached hydrogens (tertiary/aromatic N) is 2. The van der Waals surface area contributed by atoms with Crippen molar-refractivity contribution in [2.24, 2.45) is 5.73 Å². The zero-order valence-corrected chi connectivity index (χ0v) is 13.2. The minimum atomic E-state index is -0.552. The molecule has 0 atom stereocenters. The highest BCUT2D eigenvalue weighted by molar-refractivity contribution is 9.10.